The van der Waals surface area contributed by atoms with Crippen molar-refractivity contribution in [3.8, 4) is 0 Å². The van der Waals surface area contributed by atoms with Crippen molar-refractivity contribution in [3.05, 3.63) is 17.5 Å². The Balaban J connectivity index is 1.93. The van der Waals surface area contributed by atoms with Gasteiger partial charge in [-0.05, 0) is 6.92 Å². The number of carbonyl (C=O) groups excluding carboxylic acids is 1. The maximum atomic E-state index is 11.2. The zero-order valence-electron chi connectivity index (χ0n) is 8.56. The molecule has 1 aliphatic rings. The lowest BCUT2D eigenvalue weighted by Crippen LogP contribution is -2.29. The number of nitrogens with zero attached hydrogens (tertiary/aromatic N) is 1. The molecule has 0 N–H and O–H groups in total. The molecule has 82 valence electrons. The maximum Gasteiger partial charge on any atom is 0.377 e. The minimum Gasteiger partial charge on any atom is -0.460 e. The standard InChI is InChI=1S/C10H13NO4/c1-2-14-10(12)9-4-8(11-15-9)3-7-5-13-6-7/h4,7H,2-3,5-6H2,1H3. The lowest BCUT2D eigenvalue weighted by Gasteiger charge is -2.24. The quantitative estimate of drug-likeness (QED) is 0.696. The lowest BCUT2D eigenvalue weighted by molar-refractivity contribution is -0.0319. The Labute approximate surface area is 87.3 Å². The lowest BCUT2D eigenvalue weighted by atomic mass is 10.0. The van der Waals surface area contributed by atoms with Gasteiger partial charge in [0.1, 0.15) is 0 Å². The molecule has 0 amide bonds. The number of hydrogen-bond donors (Lipinski definition) is 0. The number of aromatic nitrogens is 1. The Morgan fingerprint density at radius 2 is 2.47 bits per heavy atom. The van der Waals surface area contributed by atoms with Crippen molar-refractivity contribution >= 4 is 5.97 Å². The van der Waals surface area contributed by atoms with Crippen LogP contribution < -0.4 is 0 Å². The minimum absolute atomic E-state index is 0.173. The molecular weight excluding hydrogens is 198 g/mol. The van der Waals surface area contributed by atoms with Gasteiger partial charge in [-0.1, -0.05) is 5.16 Å². The van der Waals surface area contributed by atoms with E-state index in [-0.39, 0.29) is 5.76 Å². The molecule has 2 rings (SSSR count). The first-order chi connectivity index (χ1) is 7.29. The summed E-state index contributed by atoms with van der Waals surface area (Å²) in [4.78, 5) is 11.2. The molecule has 0 atom stereocenters. The highest BCUT2D eigenvalue weighted by Gasteiger charge is 2.22. The summed E-state index contributed by atoms with van der Waals surface area (Å²) >= 11 is 0. The molecule has 1 saturated heterocycles. The summed E-state index contributed by atoms with van der Waals surface area (Å²) in [6, 6.07) is 1.64. The first-order valence-electron chi connectivity index (χ1n) is 5.00. The van der Waals surface area contributed by atoms with Gasteiger partial charge in [-0.2, -0.15) is 0 Å². The van der Waals surface area contributed by atoms with E-state index in [4.69, 9.17) is 14.0 Å². The van der Waals surface area contributed by atoms with Crippen LogP contribution in [-0.2, 0) is 15.9 Å². The average molecular weight is 211 g/mol. The van der Waals surface area contributed by atoms with Crippen LogP contribution in [0.1, 0.15) is 23.2 Å². The van der Waals surface area contributed by atoms with Gasteiger partial charge in [-0.15, -0.1) is 0 Å². The Morgan fingerprint density at radius 3 is 3.07 bits per heavy atom. The van der Waals surface area contributed by atoms with Crippen LogP contribution in [0, 0.1) is 5.92 Å². The summed E-state index contributed by atoms with van der Waals surface area (Å²) in [6.45, 7) is 3.62. The number of hydrogen-bond acceptors (Lipinski definition) is 5. The number of esters is 1. The monoisotopic (exact) mass is 211 g/mol. The SMILES string of the molecule is CCOC(=O)c1cc(CC2COC2)no1. The Bertz CT molecular complexity index is 343. The molecule has 0 bridgehead atoms. The van der Waals surface area contributed by atoms with E-state index in [1.54, 1.807) is 13.0 Å². The van der Waals surface area contributed by atoms with Crippen molar-refractivity contribution in [2.45, 2.75) is 13.3 Å². The molecule has 1 fully saturated rings. The topological polar surface area (TPSA) is 61.6 Å². The second-order valence-electron chi connectivity index (χ2n) is 3.51. The highest BCUT2D eigenvalue weighted by Crippen LogP contribution is 2.16. The third-order valence-electron chi connectivity index (χ3n) is 2.24. The normalized spacial score (nSPS) is 16.1. The zero-order chi connectivity index (χ0) is 10.7. The molecule has 0 spiro atoms. The third-order valence-corrected chi connectivity index (χ3v) is 2.24. The number of rotatable bonds is 4. The molecule has 15 heavy (non-hydrogen) atoms. The summed E-state index contributed by atoms with van der Waals surface area (Å²) in [5.74, 6) is 0.221. The largest absolute Gasteiger partial charge is 0.460 e. The fourth-order valence-electron chi connectivity index (χ4n) is 1.40. The van der Waals surface area contributed by atoms with Gasteiger partial charge in [0, 0.05) is 18.4 Å². The van der Waals surface area contributed by atoms with Gasteiger partial charge in [0.15, 0.2) is 0 Å². The third kappa shape index (κ3) is 2.36. The first-order valence-corrected chi connectivity index (χ1v) is 5.00. The summed E-state index contributed by atoms with van der Waals surface area (Å²) in [5.41, 5.74) is 0.784. The van der Waals surface area contributed by atoms with Crippen LogP contribution in [0.3, 0.4) is 0 Å². The van der Waals surface area contributed by atoms with Crippen molar-refractivity contribution in [3.63, 3.8) is 0 Å². The van der Waals surface area contributed by atoms with Crippen LogP contribution in [0.25, 0.3) is 0 Å². The van der Waals surface area contributed by atoms with Crippen LogP contribution in [0.2, 0.25) is 0 Å². The van der Waals surface area contributed by atoms with Crippen LogP contribution in [-0.4, -0.2) is 30.9 Å². The van der Waals surface area contributed by atoms with E-state index >= 15 is 0 Å². The molecule has 0 aromatic carbocycles. The molecule has 5 heteroatoms. The van der Waals surface area contributed by atoms with Gasteiger partial charge in [0.2, 0.25) is 5.76 Å². The van der Waals surface area contributed by atoms with Gasteiger partial charge >= 0.3 is 5.97 Å². The maximum absolute atomic E-state index is 11.2. The number of ether oxygens (including phenoxy) is 2. The fourth-order valence-corrected chi connectivity index (χ4v) is 1.40. The van der Waals surface area contributed by atoms with Gasteiger partial charge in [-0.3, -0.25) is 0 Å². The van der Waals surface area contributed by atoms with E-state index in [0.29, 0.717) is 12.5 Å². The number of carbonyl (C=O) groups is 1. The fraction of sp³-hybridized carbons (Fsp3) is 0.600. The molecule has 0 saturated carbocycles. The Kier molecular flexibility index (Phi) is 3.01. The van der Waals surface area contributed by atoms with Crippen molar-refractivity contribution in [1.29, 1.82) is 0 Å². The van der Waals surface area contributed by atoms with E-state index in [0.717, 1.165) is 25.3 Å². The molecule has 1 aromatic heterocycles. The van der Waals surface area contributed by atoms with Gasteiger partial charge in [0.05, 0.1) is 25.5 Å². The van der Waals surface area contributed by atoms with Gasteiger partial charge < -0.3 is 14.0 Å². The van der Waals surface area contributed by atoms with Crippen LogP contribution in [0.4, 0.5) is 0 Å². The summed E-state index contributed by atoms with van der Waals surface area (Å²) in [6.07, 6.45) is 0.795. The van der Waals surface area contributed by atoms with E-state index in [1.807, 2.05) is 0 Å². The first kappa shape index (κ1) is 10.2. The molecule has 0 aliphatic carbocycles. The molecule has 0 radical (unpaired) electrons. The van der Waals surface area contributed by atoms with Crippen molar-refractivity contribution < 1.29 is 18.8 Å². The summed E-state index contributed by atoms with van der Waals surface area (Å²) in [7, 11) is 0. The Hall–Kier alpha value is -1.36. The second-order valence-corrected chi connectivity index (χ2v) is 3.51. The van der Waals surface area contributed by atoms with E-state index in [9.17, 15) is 4.79 Å². The highest BCUT2D eigenvalue weighted by atomic mass is 16.6. The van der Waals surface area contributed by atoms with Crippen molar-refractivity contribution in [1.82, 2.24) is 5.16 Å². The second kappa shape index (κ2) is 4.44. The summed E-state index contributed by atoms with van der Waals surface area (Å²) < 4.78 is 14.7. The minimum atomic E-state index is -0.457. The smallest absolute Gasteiger partial charge is 0.377 e. The molecule has 5 nitrogen and oxygen atoms in total. The molecule has 1 aliphatic heterocycles. The van der Waals surface area contributed by atoms with E-state index in [1.165, 1.54) is 0 Å². The molecule has 2 heterocycles. The zero-order valence-corrected chi connectivity index (χ0v) is 8.56. The van der Waals surface area contributed by atoms with Crippen LogP contribution >= 0.6 is 0 Å². The van der Waals surface area contributed by atoms with Crippen LogP contribution in [0.5, 0.6) is 0 Å². The average Bonchev–Trinajstić information content (AvgIpc) is 2.60. The molecule has 1 aromatic rings. The molecular formula is C10H13NO4. The van der Waals surface area contributed by atoms with Crippen molar-refractivity contribution in [2.24, 2.45) is 5.92 Å². The van der Waals surface area contributed by atoms with Gasteiger partial charge in [0.25, 0.3) is 0 Å². The highest BCUT2D eigenvalue weighted by molar-refractivity contribution is 5.86. The predicted octanol–water partition coefficient (Wildman–Crippen LogP) is 1.04. The molecule has 0 unspecified atom stereocenters. The summed E-state index contributed by atoms with van der Waals surface area (Å²) in [5, 5.41) is 3.81. The van der Waals surface area contributed by atoms with Gasteiger partial charge in [-0.25, -0.2) is 4.79 Å². The predicted molar refractivity (Wildman–Crippen MR) is 50.5 cm³/mol. The van der Waals surface area contributed by atoms with Crippen LogP contribution in [0.15, 0.2) is 10.6 Å². The van der Waals surface area contributed by atoms with E-state index < -0.39 is 5.97 Å². The van der Waals surface area contributed by atoms with E-state index in [2.05, 4.69) is 5.16 Å². The Morgan fingerprint density at radius 1 is 1.67 bits per heavy atom. The van der Waals surface area contributed by atoms with Crippen molar-refractivity contribution in [2.75, 3.05) is 19.8 Å².